The van der Waals surface area contributed by atoms with Gasteiger partial charge in [-0.15, -0.1) is 0 Å². The Kier molecular flexibility index (Phi) is 6.93. The first kappa shape index (κ1) is 21.0. The Bertz CT molecular complexity index is 585. The lowest BCUT2D eigenvalue weighted by Crippen LogP contribution is -2.53. The van der Waals surface area contributed by atoms with Crippen LogP contribution in [0.5, 0.6) is 0 Å². The minimum absolute atomic E-state index is 0.00765. The van der Waals surface area contributed by atoms with Crippen LogP contribution in [-0.4, -0.2) is 96.5 Å². The van der Waals surface area contributed by atoms with Gasteiger partial charge in [-0.1, -0.05) is 13.8 Å². The third-order valence-electron chi connectivity index (χ3n) is 6.04. The summed E-state index contributed by atoms with van der Waals surface area (Å²) in [6.45, 7) is 9.88. The summed E-state index contributed by atoms with van der Waals surface area (Å²) in [5.41, 5.74) is 0. The molecule has 3 amide bonds. The van der Waals surface area contributed by atoms with Gasteiger partial charge in [-0.05, 0) is 19.3 Å². The largest absolute Gasteiger partial charge is 0.376 e. The van der Waals surface area contributed by atoms with Crippen LogP contribution in [0.15, 0.2) is 0 Å². The molecule has 0 radical (unpaired) electrons. The maximum absolute atomic E-state index is 13.1. The molecule has 0 aromatic carbocycles. The zero-order valence-electron chi connectivity index (χ0n) is 17.4. The van der Waals surface area contributed by atoms with Crippen molar-refractivity contribution in [1.82, 2.24) is 20.0 Å². The van der Waals surface area contributed by atoms with Crippen molar-refractivity contribution in [2.75, 3.05) is 45.9 Å². The summed E-state index contributed by atoms with van der Waals surface area (Å²) < 4.78 is 5.76. The molecule has 3 aliphatic heterocycles. The number of piperazine rings is 1. The van der Waals surface area contributed by atoms with E-state index in [9.17, 15) is 14.4 Å². The Balaban J connectivity index is 1.75. The van der Waals surface area contributed by atoms with Crippen molar-refractivity contribution in [2.24, 2.45) is 5.92 Å². The number of carbonyl (C=O) groups is 3. The van der Waals surface area contributed by atoms with Crippen molar-refractivity contribution in [3.63, 3.8) is 0 Å². The zero-order valence-corrected chi connectivity index (χ0v) is 17.4. The molecule has 3 saturated heterocycles. The van der Waals surface area contributed by atoms with Gasteiger partial charge in [0.25, 0.3) is 0 Å². The van der Waals surface area contributed by atoms with E-state index < -0.39 is 6.04 Å². The highest BCUT2D eigenvalue weighted by molar-refractivity contribution is 5.88. The molecular weight excluding hydrogens is 360 g/mol. The molecule has 3 rings (SSSR count). The predicted molar refractivity (Wildman–Crippen MR) is 105 cm³/mol. The molecule has 0 aromatic rings. The summed E-state index contributed by atoms with van der Waals surface area (Å²) in [6.07, 6.45) is 2.53. The van der Waals surface area contributed by atoms with E-state index in [0.29, 0.717) is 32.6 Å². The van der Waals surface area contributed by atoms with Crippen LogP contribution in [0.3, 0.4) is 0 Å². The van der Waals surface area contributed by atoms with Gasteiger partial charge in [-0.3, -0.25) is 14.4 Å². The van der Waals surface area contributed by atoms with Crippen molar-refractivity contribution in [3.05, 3.63) is 0 Å². The molecule has 0 saturated carbocycles. The summed E-state index contributed by atoms with van der Waals surface area (Å²) in [4.78, 5) is 43.7. The van der Waals surface area contributed by atoms with E-state index >= 15 is 0 Å². The molecule has 28 heavy (non-hydrogen) atoms. The molecule has 0 aliphatic carbocycles. The Hall–Kier alpha value is -1.67. The van der Waals surface area contributed by atoms with Crippen molar-refractivity contribution in [1.29, 1.82) is 0 Å². The molecule has 3 unspecified atom stereocenters. The van der Waals surface area contributed by atoms with Gasteiger partial charge in [0.15, 0.2) is 0 Å². The zero-order chi connectivity index (χ0) is 20.3. The third kappa shape index (κ3) is 4.66. The number of rotatable bonds is 5. The molecule has 0 aromatic heterocycles. The molecule has 1 N–H and O–H groups in total. The van der Waals surface area contributed by atoms with Gasteiger partial charge in [0.1, 0.15) is 6.04 Å². The molecule has 0 spiro atoms. The highest BCUT2D eigenvalue weighted by Crippen LogP contribution is 2.27. The second kappa shape index (κ2) is 9.22. The van der Waals surface area contributed by atoms with E-state index in [1.54, 1.807) is 4.90 Å². The van der Waals surface area contributed by atoms with E-state index in [4.69, 9.17) is 4.74 Å². The van der Waals surface area contributed by atoms with Crippen LogP contribution in [0.1, 0.15) is 40.0 Å². The second-order valence-corrected chi connectivity index (χ2v) is 8.43. The fraction of sp³-hybridized carbons (Fsp3) is 0.850. The summed E-state index contributed by atoms with van der Waals surface area (Å²) in [5.74, 6) is -0.160. The molecule has 3 heterocycles. The predicted octanol–water partition coefficient (Wildman–Crippen LogP) is 0.0712. The van der Waals surface area contributed by atoms with Gasteiger partial charge in [0.2, 0.25) is 17.7 Å². The Morgan fingerprint density at radius 3 is 2.50 bits per heavy atom. The number of likely N-dealkylation sites (tertiary alicyclic amines) is 1. The maximum Gasteiger partial charge on any atom is 0.245 e. The minimum Gasteiger partial charge on any atom is -0.376 e. The summed E-state index contributed by atoms with van der Waals surface area (Å²) in [7, 11) is 0. The molecule has 3 aliphatic rings. The Morgan fingerprint density at radius 2 is 1.93 bits per heavy atom. The van der Waals surface area contributed by atoms with Crippen LogP contribution in [0.4, 0.5) is 0 Å². The fourth-order valence-electron chi connectivity index (χ4n) is 4.48. The van der Waals surface area contributed by atoms with E-state index in [1.165, 1.54) is 6.92 Å². The highest BCUT2D eigenvalue weighted by Gasteiger charge is 2.44. The highest BCUT2D eigenvalue weighted by atomic mass is 16.5. The van der Waals surface area contributed by atoms with Crippen LogP contribution in [0, 0.1) is 5.92 Å². The van der Waals surface area contributed by atoms with E-state index in [2.05, 4.69) is 5.32 Å². The van der Waals surface area contributed by atoms with Crippen molar-refractivity contribution >= 4 is 17.7 Å². The van der Waals surface area contributed by atoms with Crippen LogP contribution in [0.25, 0.3) is 0 Å². The first-order chi connectivity index (χ1) is 13.4. The maximum atomic E-state index is 13.1. The Labute approximate surface area is 167 Å². The van der Waals surface area contributed by atoms with E-state index in [1.807, 2.05) is 23.6 Å². The molecule has 3 atom stereocenters. The lowest BCUT2D eigenvalue weighted by atomic mass is 10.1. The summed E-state index contributed by atoms with van der Waals surface area (Å²) in [6, 6.07) is -0.618. The van der Waals surface area contributed by atoms with Crippen molar-refractivity contribution in [2.45, 2.75) is 58.2 Å². The molecule has 8 heteroatoms. The standard InChI is InChI=1S/C20H34N4O4/c1-14(2)19(26)24(13-17-5-4-10-28-17)16-11-18(23(12-16)15(3)25)20(27)22-8-6-21-7-9-22/h14,16-18,21H,4-13H2,1-3H3. The summed E-state index contributed by atoms with van der Waals surface area (Å²) >= 11 is 0. The Morgan fingerprint density at radius 1 is 1.21 bits per heavy atom. The SMILES string of the molecule is CC(=O)N1CC(N(CC2CCCO2)C(=O)C(C)C)CC1C(=O)N1CCNCC1. The number of carbonyl (C=O) groups excluding carboxylic acids is 3. The topological polar surface area (TPSA) is 82.2 Å². The van der Waals surface area contributed by atoms with Gasteiger partial charge in [0.05, 0.1) is 12.1 Å². The number of nitrogens with one attached hydrogen (secondary N) is 1. The fourth-order valence-corrected chi connectivity index (χ4v) is 4.48. The van der Waals surface area contributed by atoms with Gasteiger partial charge < -0.3 is 24.8 Å². The second-order valence-electron chi connectivity index (χ2n) is 8.43. The van der Waals surface area contributed by atoms with Crippen LogP contribution in [-0.2, 0) is 19.1 Å². The van der Waals surface area contributed by atoms with Crippen LogP contribution < -0.4 is 5.32 Å². The monoisotopic (exact) mass is 394 g/mol. The first-order valence-corrected chi connectivity index (χ1v) is 10.6. The average Bonchev–Trinajstić information content (AvgIpc) is 3.35. The minimum atomic E-state index is -0.479. The molecule has 8 nitrogen and oxygen atoms in total. The third-order valence-corrected chi connectivity index (χ3v) is 6.04. The van der Waals surface area contributed by atoms with Gasteiger partial charge in [0, 0.05) is 58.7 Å². The molecule has 158 valence electrons. The lowest BCUT2D eigenvalue weighted by Gasteiger charge is -2.32. The first-order valence-electron chi connectivity index (χ1n) is 10.6. The van der Waals surface area contributed by atoms with E-state index in [-0.39, 0.29) is 35.8 Å². The van der Waals surface area contributed by atoms with Gasteiger partial charge in [-0.2, -0.15) is 0 Å². The van der Waals surface area contributed by atoms with Crippen molar-refractivity contribution in [3.8, 4) is 0 Å². The number of amides is 3. The van der Waals surface area contributed by atoms with Crippen LogP contribution >= 0.6 is 0 Å². The van der Waals surface area contributed by atoms with Crippen molar-refractivity contribution < 1.29 is 19.1 Å². The normalized spacial score (nSPS) is 28.1. The molecule has 0 bridgehead atoms. The average molecular weight is 395 g/mol. The molecular formula is C20H34N4O4. The number of ether oxygens (including phenoxy) is 1. The molecule has 3 fully saturated rings. The van der Waals surface area contributed by atoms with E-state index in [0.717, 1.165) is 32.5 Å². The number of nitrogens with zero attached hydrogens (tertiary/aromatic N) is 3. The lowest BCUT2D eigenvalue weighted by molar-refractivity contribution is -0.143. The summed E-state index contributed by atoms with van der Waals surface area (Å²) in [5, 5.41) is 3.25. The van der Waals surface area contributed by atoms with Gasteiger partial charge >= 0.3 is 0 Å². The quantitative estimate of drug-likeness (QED) is 0.714. The van der Waals surface area contributed by atoms with Crippen LogP contribution in [0.2, 0.25) is 0 Å². The smallest absolute Gasteiger partial charge is 0.245 e. The number of hydrogen-bond donors (Lipinski definition) is 1. The number of hydrogen-bond acceptors (Lipinski definition) is 5. The van der Waals surface area contributed by atoms with Gasteiger partial charge in [-0.25, -0.2) is 0 Å².